The second-order valence-corrected chi connectivity index (χ2v) is 8.04. The van der Waals surface area contributed by atoms with Crippen LogP contribution in [-0.4, -0.2) is 42.1 Å². The van der Waals surface area contributed by atoms with Gasteiger partial charge in [-0.1, -0.05) is 6.07 Å². The van der Waals surface area contributed by atoms with Crippen LogP contribution in [0.15, 0.2) is 42.6 Å². The second-order valence-electron chi connectivity index (χ2n) is 8.04. The van der Waals surface area contributed by atoms with Crippen molar-refractivity contribution in [2.45, 2.75) is 19.0 Å². The molecule has 2 aromatic heterocycles. The lowest BCUT2D eigenvalue weighted by atomic mass is 10.0. The lowest BCUT2D eigenvalue weighted by Gasteiger charge is -2.21. The third-order valence-corrected chi connectivity index (χ3v) is 6.06. The van der Waals surface area contributed by atoms with Gasteiger partial charge in [0.15, 0.2) is 0 Å². The molecule has 0 aliphatic carbocycles. The molecule has 1 fully saturated rings. The number of nitrogens with two attached hydrogens (primary N) is 1. The maximum Gasteiger partial charge on any atom is 0.260 e. The summed E-state index contributed by atoms with van der Waals surface area (Å²) in [5.41, 5.74) is 8.07. The first kappa shape index (κ1) is 20.8. The Bertz CT molecular complexity index is 1300. The van der Waals surface area contributed by atoms with Gasteiger partial charge in [0, 0.05) is 36.5 Å². The van der Waals surface area contributed by atoms with E-state index in [1.54, 1.807) is 30.3 Å². The standard InChI is InChI=1S/C24H21FN6O2/c1-33-19-4-2-3-18(25)21(19)22-17-13-31(24(32)16(17)7-9-28-22)20-6-5-14(11-26)23(29-20)30-10-8-15(27)12-30/h2-7,9,15H,8,10,12-13,27H2,1H3/t15-/m1/s1. The molecule has 1 amide bonds. The van der Waals surface area contributed by atoms with Crippen molar-refractivity contribution in [1.29, 1.82) is 5.26 Å². The van der Waals surface area contributed by atoms with Crippen LogP contribution in [0.4, 0.5) is 16.0 Å². The molecule has 2 aliphatic heterocycles. The Morgan fingerprint density at radius 2 is 2.12 bits per heavy atom. The first-order valence-corrected chi connectivity index (χ1v) is 10.6. The normalized spacial score (nSPS) is 17.3. The summed E-state index contributed by atoms with van der Waals surface area (Å²) in [6, 6.07) is 11.7. The Balaban J connectivity index is 1.56. The van der Waals surface area contributed by atoms with Gasteiger partial charge in [0.2, 0.25) is 0 Å². The topological polar surface area (TPSA) is 108 Å². The number of nitrogens with zero attached hydrogens (tertiary/aromatic N) is 5. The Morgan fingerprint density at radius 3 is 2.85 bits per heavy atom. The lowest BCUT2D eigenvalue weighted by Crippen LogP contribution is -2.29. The van der Waals surface area contributed by atoms with E-state index >= 15 is 0 Å². The Morgan fingerprint density at radius 1 is 1.27 bits per heavy atom. The van der Waals surface area contributed by atoms with Crippen molar-refractivity contribution in [3.63, 3.8) is 0 Å². The number of fused-ring (bicyclic) bond motifs is 1. The largest absolute Gasteiger partial charge is 0.496 e. The Kier molecular flexibility index (Phi) is 5.15. The monoisotopic (exact) mass is 444 g/mol. The average Bonchev–Trinajstić information content (AvgIpc) is 3.42. The Labute approximate surface area is 190 Å². The minimum atomic E-state index is -0.481. The molecule has 0 bridgehead atoms. The van der Waals surface area contributed by atoms with Crippen molar-refractivity contribution in [2.24, 2.45) is 5.73 Å². The van der Waals surface area contributed by atoms with Gasteiger partial charge in [-0.25, -0.2) is 9.37 Å². The predicted octanol–water partition coefficient (Wildman–Crippen LogP) is 2.86. The molecule has 33 heavy (non-hydrogen) atoms. The highest BCUT2D eigenvalue weighted by atomic mass is 19.1. The molecule has 2 aliphatic rings. The minimum absolute atomic E-state index is 0.0176. The summed E-state index contributed by atoms with van der Waals surface area (Å²) in [6.07, 6.45) is 2.30. The van der Waals surface area contributed by atoms with Gasteiger partial charge in [-0.2, -0.15) is 5.26 Å². The predicted molar refractivity (Wildman–Crippen MR) is 120 cm³/mol. The lowest BCUT2D eigenvalue weighted by molar-refractivity contribution is 0.0996. The van der Waals surface area contributed by atoms with Crippen molar-refractivity contribution >= 4 is 17.5 Å². The minimum Gasteiger partial charge on any atom is -0.496 e. The van der Waals surface area contributed by atoms with Crippen LogP contribution in [0.1, 0.15) is 27.9 Å². The van der Waals surface area contributed by atoms with Gasteiger partial charge in [-0.3, -0.25) is 14.7 Å². The molecule has 1 aromatic carbocycles. The summed E-state index contributed by atoms with van der Waals surface area (Å²) in [5, 5.41) is 9.55. The number of pyridine rings is 2. The first-order chi connectivity index (χ1) is 16.0. The zero-order chi connectivity index (χ0) is 23.1. The van der Waals surface area contributed by atoms with E-state index in [-0.39, 0.29) is 24.1 Å². The van der Waals surface area contributed by atoms with Crippen molar-refractivity contribution < 1.29 is 13.9 Å². The summed E-state index contributed by atoms with van der Waals surface area (Å²) in [4.78, 5) is 25.8. The van der Waals surface area contributed by atoms with Crippen LogP contribution in [-0.2, 0) is 6.54 Å². The fraction of sp³-hybridized carbons (Fsp3) is 0.250. The van der Waals surface area contributed by atoms with Gasteiger partial charge < -0.3 is 15.4 Å². The number of amides is 1. The summed E-state index contributed by atoms with van der Waals surface area (Å²) in [7, 11) is 1.46. The molecule has 9 heteroatoms. The van der Waals surface area contributed by atoms with Gasteiger partial charge in [0.05, 0.1) is 30.5 Å². The maximum absolute atomic E-state index is 14.8. The van der Waals surface area contributed by atoms with E-state index in [1.807, 2.05) is 4.90 Å². The van der Waals surface area contributed by atoms with Crippen molar-refractivity contribution in [3.05, 3.63) is 65.1 Å². The smallest absolute Gasteiger partial charge is 0.260 e. The average molecular weight is 444 g/mol. The van der Waals surface area contributed by atoms with Crippen molar-refractivity contribution in [3.8, 4) is 23.1 Å². The van der Waals surface area contributed by atoms with Crippen LogP contribution in [0.2, 0.25) is 0 Å². The number of aromatic nitrogens is 2. The molecule has 3 aromatic rings. The molecule has 2 N–H and O–H groups in total. The molecule has 1 atom stereocenters. The number of rotatable bonds is 4. The molecule has 8 nitrogen and oxygen atoms in total. The third kappa shape index (κ3) is 3.45. The van der Waals surface area contributed by atoms with Gasteiger partial charge in [0.1, 0.15) is 29.3 Å². The number of hydrogen-bond acceptors (Lipinski definition) is 7. The van der Waals surface area contributed by atoms with E-state index in [0.717, 1.165) is 6.42 Å². The molecule has 0 unspecified atom stereocenters. The van der Waals surface area contributed by atoms with Crippen molar-refractivity contribution in [2.75, 3.05) is 30.0 Å². The number of methoxy groups -OCH3 is 1. The molecule has 1 saturated heterocycles. The van der Waals surface area contributed by atoms with E-state index in [0.29, 0.717) is 52.9 Å². The van der Waals surface area contributed by atoms with Crippen LogP contribution in [0.3, 0.4) is 0 Å². The van der Waals surface area contributed by atoms with Crippen LogP contribution >= 0.6 is 0 Å². The number of anilines is 2. The molecule has 4 heterocycles. The van der Waals surface area contributed by atoms with E-state index < -0.39 is 5.82 Å². The van der Waals surface area contributed by atoms with E-state index in [2.05, 4.69) is 16.0 Å². The van der Waals surface area contributed by atoms with Crippen LogP contribution < -0.4 is 20.3 Å². The molecule has 5 rings (SSSR count). The fourth-order valence-corrected chi connectivity index (χ4v) is 4.43. The number of carbonyl (C=O) groups excluding carboxylic acids is 1. The van der Waals surface area contributed by atoms with Crippen LogP contribution in [0, 0.1) is 17.1 Å². The fourth-order valence-electron chi connectivity index (χ4n) is 4.43. The van der Waals surface area contributed by atoms with Crippen molar-refractivity contribution in [1.82, 2.24) is 9.97 Å². The molecule has 0 spiro atoms. The highest BCUT2D eigenvalue weighted by Gasteiger charge is 2.34. The summed E-state index contributed by atoms with van der Waals surface area (Å²) in [5.74, 6) is 0.527. The highest BCUT2D eigenvalue weighted by Crippen LogP contribution is 2.39. The van der Waals surface area contributed by atoms with Gasteiger partial charge in [-0.05, 0) is 36.8 Å². The Hall–Kier alpha value is -4.03. The number of hydrogen-bond donors (Lipinski definition) is 1. The summed E-state index contributed by atoms with van der Waals surface area (Å²) >= 11 is 0. The zero-order valence-corrected chi connectivity index (χ0v) is 18.0. The number of ether oxygens (including phenoxy) is 1. The molecule has 0 saturated carbocycles. The van der Waals surface area contributed by atoms with E-state index in [4.69, 9.17) is 10.5 Å². The van der Waals surface area contributed by atoms with Gasteiger partial charge >= 0.3 is 0 Å². The van der Waals surface area contributed by atoms with Gasteiger partial charge in [-0.15, -0.1) is 0 Å². The number of carbonyl (C=O) groups is 1. The number of nitriles is 1. The number of halogens is 1. The highest BCUT2D eigenvalue weighted by molar-refractivity contribution is 6.10. The van der Waals surface area contributed by atoms with Crippen LogP contribution in [0.25, 0.3) is 11.3 Å². The van der Waals surface area contributed by atoms with E-state index in [1.165, 1.54) is 24.3 Å². The summed E-state index contributed by atoms with van der Waals surface area (Å²) in [6.45, 7) is 1.47. The second kappa shape index (κ2) is 8.15. The molecular weight excluding hydrogens is 423 g/mol. The molecule has 0 radical (unpaired) electrons. The third-order valence-electron chi connectivity index (χ3n) is 6.06. The summed E-state index contributed by atoms with van der Waals surface area (Å²) < 4.78 is 20.1. The molecule has 166 valence electrons. The molecular formula is C24H21FN6O2. The first-order valence-electron chi connectivity index (χ1n) is 10.6. The van der Waals surface area contributed by atoms with Crippen LogP contribution in [0.5, 0.6) is 5.75 Å². The zero-order valence-electron chi connectivity index (χ0n) is 18.0. The quantitative estimate of drug-likeness (QED) is 0.659. The number of benzene rings is 1. The van der Waals surface area contributed by atoms with E-state index in [9.17, 15) is 14.4 Å². The maximum atomic E-state index is 14.8. The van der Waals surface area contributed by atoms with Gasteiger partial charge in [0.25, 0.3) is 5.91 Å². The SMILES string of the molecule is COc1cccc(F)c1-c1nccc2c1CN(c1ccc(C#N)c(N3CC[C@@H](N)C3)n1)C2=O.